The van der Waals surface area contributed by atoms with E-state index < -0.39 is 5.69 Å². The predicted octanol–water partition coefficient (Wildman–Crippen LogP) is 1.10. The number of anilines is 1. The number of piperazine rings is 1. The summed E-state index contributed by atoms with van der Waals surface area (Å²) < 4.78 is 6.71. The Labute approximate surface area is 149 Å². The summed E-state index contributed by atoms with van der Waals surface area (Å²) in [6.07, 6.45) is 0. The van der Waals surface area contributed by atoms with Crippen molar-refractivity contribution in [3.05, 3.63) is 63.3 Å². The highest BCUT2D eigenvalue weighted by Crippen LogP contribution is 2.25. The number of benzene rings is 2. The summed E-state index contributed by atoms with van der Waals surface area (Å²) in [4.78, 5) is 29.8. The van der Waals surface area contributed by atoms with Gasteiger partial charge in [-0.25, -0.2) is 4.79 Å². The Bertz CT molecular complexity index is 1050. The Balaban J connectivity index is 1.96. The van der Waals surface area contributed by atoms with Gasteiger partial charge in [0.25, 0.3) is 5.56 Å². The first kappa shape index (κ1) is 16.4. The second-order valence-electron chi connectivity index (χ2n) is 6.20. The van der Waals surface area contributed by atoms with Crippen LogP contribution in [-0.2, 0) is 0 Å². The Morgan fingerprint density at radius 1 is 1.00 bits per heavy atom. The van der Waals surface area contributed by atoms with Crippen LogP contribution in [0.15, 0.2) is 52.1 Å². The lowest BCUT2D eigenvalue weighted by Gasteiger charge is -2.30. The number of aromatic amines is 1. The molecule has 0 atom stereocenters. The van der Waals surface area contributed by atoms with Gasteiger partial charge in [0.05, 0.1) is 29.4 Å². The maximum absolute atomic E-state index is 12.6. The number of fused-ring (bicyclic) bond motifs is 1. The molecular weight excluding hydrogens is 332 g/mol. The first-order valence-corrected chi connectivity index (χ1v) is 8.57. The molecule has 0 amide bonds. The molecule has 1 fully saturated rings. The fraction of sp³-hybridized carbons (Fsp3) is 0.263. The number of aromatic nitrogens is 2. The van der Waals surface area contributed by atoms with Crippen molar-refractivity contribution in [3.63, 3.8) is 0 Å². The molecule has 1 aliphatic rings. The van der Waals surface area contributed by atoms with E-state index in [1.165, 1.54) is 4.57 Å². The molecule has 0 unspecified atom stereocenters. The van der Waals surface area contributed by atoms with Crippen LogP contribution >= 0.6 is 0 Å². The highest BCUT2D eigenvalue weighted by molar-refractivity contribution is 5.92. The van der Waals surface area contributed by atoms with Gasteiger partial charge >= 0.3 is 5.69 Å². The molecule has 0 radical (unpaired) electrons. The number of ether oxygens (including phenoxy) is 1. The number of H-pyrrole nitrogens is 1. The molecule has 7 nitrogen and oxygen atoms in total. The molecule has 0 bridgehead atoms. The maximum atomic E-state index is 12.6. The van der Waals surface area contributed by atoms with Crippen LogP contribution < -0.4 is 26.2 Å². The van der Waals surface area contributed by atoms with Crippen LogP contribution in [0, 0.1) is 0 Å². The van der Waals surface area contributed by atoms with E-state index in [4.69, 9.17) is 4.74 Å². The minimum absolute atomic E-state index is 0.358. The standard InChI is InChI=1S/C19H20N4O3/c1-26-14-7-5-13(6-8-14)23-16-4-2-3-15(22-11-9-20-10-12-22)17(16)18(24)21-19(23)25/h2-8,20H,9-12H2,1H3,(H,21,24,25). The fourth-order valence-electron chi connectivity index (χ4n) is 3.43. The summed E-state index contributed by atoms with van der Waals surface area (Å²) in [7, 11) is 1.59. The Kier molecular flexibility index (Phi) is 4.22. The monoisotopic (exact) mass is 352 g/mol. The minimum Gasteiger partial charge on any atom is -0.497 e. The summed E-state index contributed by atoms with van der Waals surface area (Å²) in [5.74, 6) is 0.706. The lowest BCUT2D eigenvalue weighted by molar-refractivity contribution is 0.414. The van der Waals surface area contributed by atoms with Gasteiger partial charge in [-0.05, 0) is 36.4 Å². The van der Waals surface area contributed by atoms with Crippen LogP contribution in [0.4, 0.5) is 5.69 Å². The van der Waals surface area contributed by atoms with Gasteiger partial charge in [-0.1, -0.05) is 6.07 Å². The zero-order chi connectivity index (χ0) is 18.1. The number of nitrogens with zero attached hydrogens (tertiary/aromatic N) is 2. The van der Waals surface area contributed by atoms with E-state index in [2.05, 4.69) is 15.2 Å². The van der Waals surface area contributed by atoms with Crippen LogP contribution in [0.5, 0.6) is 5.75 Å². The van der Waals surface area contributed by atoms with E-state index in [0.717, 1.165) is 31.9 Å². The largest absolute Gasteiger partial charge is 0.497 e. The lowest BCUT2D eigenvalue weighted by Crippen LogP contribution is -2.44. The highest BCUT2D eigenvalue weighted by Gasteiger charge is 2.18. The zero-order valence-corrected chi connectivity index (χ0v) is 14.5. The van der Waals surface area contributed by atoms with Crippen LogP contribution in [0.3, 0.4) is 0 Å². The average molecular weight is 352 g/mol. The number of methoxy groups -OCH3 is 1. The van der Waals surface area contributed by atoms with Crippen molar-refractivity contribution in [1.29, 1.82) is 0 Å². The van der Waals surface area contributed by atoms with Crippen molar-refractivity contribution in [2.75, 3.05) is 38.2 Å². The summed E-state index contributed by atoms with van der Waals surface area (Å²) in [6.45, 7) is 3.37. The van der Waals surface area contributed by atoms with E-state index in [-0.39, 0.29) is 5.56 Å². The molecule has 1 saturated heterocycles. The molecule has 4 rings (SSSR count). The van der Waals surface area contributed by atoms with Crippen molar-refractivity contribution >= 4 is 16.6 Å². The number of rotatable bonds is 3. The van der Waals surface area contributed by atoms with Crippen molar-refractivity contribution in [2.24, 2.45) is 0 Å². The van der Waals surface area contributed by atoms with E-state index in [1.54, 1.807) is 31.4 Å². The molecule has 7 heteroatoms. The highest BCUT2D eigenvalue weighted by atomic mass is 16.5. The molecule has 0 aliphatic carbocycles. The molecule has 2 N–H and O–H groups in total. The second-order valence-corrected chi connectivity index (χ2v) is 6.20. The average Bonchev–Trinajstić information content (AvgIpc) is 2.68. The Morgan fingerprint density at radius 2 is 1.73 bits per heavy atom. The van der Waals surface area contributed by atoms with Gasteiger partial charge in [0.15, 0.2) is 0 Å². The molecular formula is C19H20N4O3. The van der Waals surface area contributed by atoms with Gasteiger partial charge in [-0.2, -0.15) is 0 Å². The quantitative estimate of drug-likeness (QED) is 0.738. The zero-order valence-electron chi connectivity index (χ0n) is 14.5. The molecule has 3 aromatic rings. The van der Waals surface area contributed by atoms with Crippen molar-refractivity contribution in [1.82, 2.24) is 14.9 Å². The van der Waals surface area contributed by atoms with E-state index in [1.807, 2.05) is 18.2 Å². The van der Waals surface area contributed by atoms with Crippen molar-refractivity contribution in [2.45, 2.75) is 0 Å². The first-order valence-electron chi connectivity index (χ1n) is 8.57. The molecule has 2 aromatic carbocycles. The summed E-state index contributed by atoms with van der Waals surface area (Å²) in [5, 5.41) is 3.84. The second kappa shape index (κ2) is 6.68. The SMILES string of the molecule is COc1ccc(-n2c(=O)[nH]c(=O)c3c(N4CCNCC4)cccc32)cc1. The van der Waals surface area contributed by atoms with Crippen LogP contribution in [0.2, 0.25) is 0 Å². The van der Waals surface area contributed by atoms with Gasteiger partial charge in [0.2, 0.25) is 0 Å². The molecule has 1 aliphatic heterocycles. The third kappa shape index (κ3) is 2.76. The van der Waals surface area contributed by atoms with Crippen LogP contribution in [-0.4, -0.2) is 42.8 Å². The van der Waals surface area contributed by atoms with Gasteiger partial charge in [-0.15, -0.1) is 0 Å². The van der Waals surface area contributed by atoms with E-state index in [9.17, 15) is 9.59 Å². The third-order valence-corrected chi connectivity index (χ3v) is 4.70. The smallest absolute Gasteiger partial charge is 0.333 e. The van der Waals surface area contributed by atoms with Crippen LogP contribution in [0.1, 0.15) is 0 Å². The minimum atomic E-state index is -0.454. The number of hydrogen-bond donors (Lipinski definition) is 2. The van der Waals surface area contributed by atoms with Gasteiger partial charge in [0, 0.05) is 26.2 Å². The topological polar surface area (TPSA) is 79.4 Å². The van der Waals surface area contributed by atoms with E-state index in [0.29, 0.717) is 22.3 Å². The first-order chi connectivity index (χ1) is 12.7. The molecule has 0 saturated carbocycles. The molecule has 0 spiro atoms. The summed E-state index contributed by atoms with van der Waals surface area (Å²) in [6, 6.07) is 12.8. The summed E-state index contributed by atoms with van der Waals surface area (Å²) >= 11 is 0. The predicted molar refractivity (Wildman–Crippen MR) is 102 cm³/mol. The van der Waals surface area contributed by atoms with E-state index >= 15 is 0 Å². The lowest BCUT2D eigenvalue weighted by atomic mass is 10.1. The van der Waals surface area contributed by atoms with Crippen molar-refractivity contribution < 1.29 is 4.74 Å². The normalized spacial score (nSPS) is 14.6. The fourth-order valence-corrected chi connectivity index (χ4v) is 3.43. The molecule has 1 aromatic heterocycles. The Morgan fingerprint density at radius 3 is 2.42 bits per heavy atom. The van der Waals surface area contributed by atoms with Gasteiger partial charge in [-0.3, -0.25) is 14.3 Å². The number of nitrogens with one attached hydrogen (secondary N) is 2. The summed E-state index contributed by atoms with van der Waals surface area (Å²) in [5.41, 5.74) is 1.32. The van der Waals surface area contributed by atoms with Crippen LogP contribution in [0.25, 0.3) is 16.6 Å². The number of hydrogen-bond acceptors (Lipinski definition) is 5. The van der Waals surface area contributed by atoms with Gasteiger partial charge in [0.1, 0.15) is 5.75 Å². The van der Waals surface area contributed by atoms with Crippen molar-refractivity contribution in [3.8, 4) is 11.4 Å². The molecule has 26 heavy (non-hydrogen) atoms. The molecule has 2 heterocycles. The Hall–Kier alpha value is -3.06. The molecule has 134 valence electrons. The van der Waals surface area contributed by atoms with Gasteiger partial charge < -0.3 is 15.0 Å². The maximum Gasteiger partial charge on any atom is 0.333 e. The third-order valence-electron chi connectivity index (χ3n) is 4.70.